The summed E-state index contributed by atoms with van der Waals surface area (Å²) < 4.78 is 0. The van der Waals surface area contributed by atoms with E-state index in [1.165, 1.54) is 27.8 Å². The van der Waals surface area contributed by atoms with Gasteiger partial charge in [0.2, 0.25) is 0 Å². The van der Waals surface area contributed by atoms with Crippen LogP contribution in [0.4, 0.5) is 34.1 Å². The molecule has 0 fully saturated rings. The first-order valence-corrected chi connectivity index (χ1v) is 20.9. The Morgan fingerprint density at radius 1 is 0.411 bits per heavy atom. The van der Waals surface area contributed by atoms with Crippen LogP contribution in [0.3, 0.4) is 0 Å². The van der Waals surface area contributed by atoms with Crippen molar-refractivity contribution >= 4 is 42.0 Å². The highest BCUT2D eigenvalue weighted by Crippen LogP contribution is 2.40. The molecule has 3 unspecified atom stereocenters. The minimum absolute atomic E-state index is 0.138. The molecular formula is C53H61BN2. The van der Waals surface area contributed by atoms with Gasteiger partial charge in [0.05, 0.1) is 7.85 Å². The monoisotopic (exact) mass is 736 g/mol. The fourth-order valence-electron chi connectivity index (χ4n) is 7.34. The van der Waals surface area contributed by atoms with Gasteiger partial charge in [-0.2, -0.15) is 0 Å². The van der Waals surface area contributed by atoms with Crippen LogP contribution in [-0.4, -0.2) is 7.85 Å². The largest absolute Gasteiger partial charge is 0.311 e. The lowest BCUT2D eigenvalue weighted by molar-refractivity contribution is 0.506. The maximum absolute atomic E-state index is 6.63. The van der Waals surface area contributed by atoms with Crippen molar-refractivity contribution in [1.82, 2.24) is 0 Å². The summed E-state index contributed by atoms with van der Waals surface area (Å²) in [5.74, 6) is 1.06. The van der Waals surface area contributed by atoms with Gasteiger partial charge in [-0.05, 0) is 142 Å². The first-order valence-electron chi connectivity index (χ1n) is 20.9. The van der Waals surface area contributed by atoms with Gasteiger partial charge in [-0.1, -0.05) is 147 Å². The average molecular weight is 737 g/mol. The van der Waals surface area contributed by atoms with Crippen LogP contribution < -0.4 is 9.80 Å². The van der Waals surface area contributed by atoms with E-state index < -0.39 is 0 Å². The predicted octanol–water partition coefficient (Wildman–Crippen LogP) is 15.8. The smallest absolute Gasteiger partial charge is 0.0806 e. The van der Waals surface area contributed by atoms with Crippen LogP contribution in [0.25, 0.3) is 11.1 Å². The Morgan fingerprint density at radius 3 is 0.982 bits per heavy atom. The molecule has 6 rings (SSSR count). The second kappa shape index (κ2) is 17.4. The standard InChI is InChI=1S/C53H61BN2/c1-10-38(5)40-14-26-46(27-15-40)55(50-34-22-44(23-35-50)52(7,8)12-3)48-30-18-42(19-31-48)43-20-32-49(33-21-43)56(47-28-16-41(17-29-47)39(6)11-2)51-36-24-45(25-37-51)53(9,54)13-4/h14-39H,10-13H2,1-9H3. The van der Waals surface area contributed by atoms with Crippen molar-refractivity contribution in [2.45, 2.75) is 111 Å². The minimum Gasteiger partial charge on any atom is -0.311 e. The quantitative estimate of drug-likeness (QED) is 0.0969. The molecule has 0 saturated carbocycles. The summed E-state index contributed by atoms with van der Waals surface area (Å²) >= 11 is 0. The first-order chi connectivity index (χ1) is 26.9. The van der Waals surface area contributed by atoms with Crippen LogP contribution in [0, 0.1) is 0 Å². The molecule has 0 N–H and O–H groups in total. The van der Waals surface area contributed by atoms with Crippen LogP contribution in [0.1, 0.15) is 122 Å². The van der Waals surface area contributed by atoms with Crippen LogP contribution in [0.2, 0.25) is 0 Å². The van der Waals surface area contributed by atoms with Gasteiger partial charge in [0.25, 0.3) is 0 Å². The van der Waals surface area contributed by atoms with Crippen LogP contribution >= 0.6 is 0 Å². The molecule has 0 spiro atoms. The molecule has 3 atom stereocenters. The van der Waals surface area contributed by atoms with Gasteiger partial charge >= 0.3 is 0 Å². The summed E-state index contributed by atoms with van der Waals surface area (Å²) in [6, 6.07) is 54.1. The van der Waals surface area contributed by atoms with Gasteiger partial charge in [-0.25, -0.2) is 0 Å². The van der Waals surface area contributed by atoms with Crippen molar-refractivity contribution < 1.29 is 0 Å². The summed E-state index contributed by atoms with van der Waals surface area (Å²) in [5, 5.41) is -0.357. The molecule has 2 nitrogen and oxygen atoms in total. The number of rotatable bonds is 15. The Morgan fingerprint density at radius 2 is 0.696 bits per heavy atom. The van der Waals surface area contributed by atoms with Crippen molar-refractivity contribution in [2.24, 2.45) is 0 Å². The fraction of sp³-hybridized carbons (Fsp3) is 0.321. The van der Waals surface area contributed by atoms with Crippen LogP contribution in [-0.2, 0) is 10.7 Å². The van der Waals surface area contributed by atoms with Gasteiger partial charge in [-0.3, -0.25) is 0 Å². The molecule has 0 heterocycles. The zero-order chi connectivity index (χ0) is 40.0. The zero-order valence-corrected chi connectivity index (χ0v) is 35.3. The van der Waals surface area contributed by atoms with Crippen LogP contribution in [0.15, 0.2) is 146 Å². The van der Waals surface area contributed by atoms with E-state index in [0.717, 1.165) is 65.4 Å². The van der Waals surface area contributed by atoms with E-state index >= 15 is 0 Å². The highest BCUT2D eigenvalue weighted by molar-refractivity contribution is 6.15. The Bertz CT molecular complexity index is 1970. The van der Waals surface area contributed by atoms with E-state index in [2.05, 4.69) is 218 Å². The summed E-state index contributed by atoms with van der Waals surface area (Å²) in [5.41, 5.74) is 14.6. The van der Waals surface area contributed by atoms with E-state index in [4.69, 9.17) is 7.85 Å². The molecule has 0 amide bonds. The summed E-state index contributed by atoms with van der Waals surface area (Å²) in [4.78, 5) is 4.72. The molecule has 0 aromatic heterocycles. The number of benzene rings is 6. The van der Waals surface area contributed by atoms with Crippen molar-refractivity contribution in [3.05, 3.63) is 168 Å². The molecule has 0 aliphatic carbocycles. The molecule has 0 aliphatic rings. The topological polar surface area (TPSA) is 6.48 Å². The molecule has 286 valence electrons. The highest BCUT2D eigenvalue weighted by Gasteiger charge is 2.21. The number of nitrogens with zero attached hydrogens (tertiary/aromatic N) is 2. The fourth-order valence-corrected chi connectivity index (χ4v) is 7.34. The molecule has 0 saturated heterocycles. The molecule has 3 heteroatoms. The lowest BCUT2D eigenvalue weighted by atomic mass is 9.64. The summed E-state index contributed by atoms with van der Waals surface area (Å²) in [7, 11) is 6.63. The third-order valence-electron chi connectivity index (χ3n) is 12.6. The zero-order valence-electron chi connectivity index (χ0n) is 35.3. The maximum Gasteiger partial charge on any atom is 0.0806 e. The highest BCUT2D eigenvalue weighted by atomic mass is 15.1. The lowest BCUT2D eigenvalue weighted by Crippen LogP contribution is -2.20. The predicted molar refractivity (Wildman–Crippen MR) is 245 cm³/mol. The van der Waals surface area contributed by atoms with Gasteiger partial charge in [0.15, 0.2) is 0 Å². The van der Waals surface area contributed by atoms with Crippen molar-refractivity contribution in [3.8, 4) is 11.1 Å². The maximum atomic E-state index is 6.63. The number of anilines is 6. The summed E-state index contributed by atoms with van der Waals surface area (Å²) in [6.45, 7) is 20.3. The molecule has 6 aromatic carbocycles. The lowest BCUT2D eigenvalue weighted by Gasteiger charge is -2.29. The Balaban J connectivity index is 1.32. The Kier molecular flexibility index (Phi) is 12.6. The number of hydrogen-bond donors (Lipinski definition) is 0. The van der Waals surface area contributed by atoms with E-state index in [9.17, 15) is 0 Å². The Labute approximate surface area is 340 Å². The summed E-state index contributed by atoms with van der Waals surface area (Å²) in [6.07, 6.45) is 4.23. The first kappa shape index (κ1) is 40.6. The van der Waals surface area contributed by atoms with E-state index in [1.807, 2.05) is 0 Å². The van der Waals surface area contributed by atoms with Crippen LogP contribution in [0.5, 0.6) is 0 Å². The van der Waals surface area contributed by atoms with Gasteiger partial charge in [-0.15, -0.1) is 0 Å². The third kappa shape index (κ3) is 8.84. The molecule has 2 radical (unpaired) electrons. The molecule has 0 aliphatic heterocycles. The van der Waals surface area contributed by atoms with Crippen molar-refractivity contribution in [1.29, 1.82) is 0 Å². The second-order valence-corrected chi connectivity index (χ2v) is 16.7. The average Bonchev–Trinajstić information content (AvgIpc) is 3.24. The van der Waals surface area contributed by atoms with Crippen molar-refractivity contribution in [2.75, 3.05) is 9.80 Å². The van der Waals surface area contributed by atoms with Crippen molar-refractivity contribution in [3.63, 3.8) is 0 Å². The van der Waals surface area contributed by atoms with E-state index in [-0.39, 0.29) is 10.7 Å². The second-order valence-electron chi connectivity index (χ2n) is 16.7. The SMILES string of the molecule is [B]C(C)(CC)c1ccc(N(c2ccc(-c3ccc(N(c4ccc(C(C)CC)cc4)c4ccc(C(C)(C)CC)cc4)cc3)cc2)c2ccc(C(C)CC)cc2)cc1. The molecule has 6 aromatic rings. The van der Waals surface area contributed by atoms with Gasteiger partial charge in [0.1, 0.15) is 0 Å². The minimum atomic E-state index is -0.357. The Hall–Kier alpha value is -5.02. The van der Waals surface area contributed by atoms with Gasteiger partial charge < -0.3 is 9.80 Å². The molecular weight excluding hydrogens is 675 g/mol. The molecule has 0 bridgehead atoms. The van der Waals surface area contributed by atoms with Gasteiger partial charge in [0, 0.05) is 34.1 Å². The van der Waals surface area contributed by atoms with E-state index in [1.54, 1.807) is 0 Å². The molecule has 56 heavy (non-hydrogen) atoms. The number of hydrogen-bond acceptors (Lipinski definition) is 2. The normalized spacial score (nSPS) is 13.8. The third-order valence-corrected chi connectivity index (χ3v) is 12.6. The van der Waals surface area contributed by atoms with E-state index in [0.29, 0.717) is 11.8 Å².